The van der Waals surface area contributed by atoms with Crippen LogP contribution in [0, 0.1) is 0 Å². The van der Waals surface area contributed by atoms with E-state index in [9.17, 15) is 4.79 Å². The molecule has 1 heterocycles. The summed E-state index contributed by atoms with van der Waals surface area (Å²) in [5, 5.41) is 12.2. The molecule has 0 unspecified atom stereocenters. The van der Waals surface area contributed by atoms with Gasteiger partial charge in [-0.15, -0.1) is 0 Å². The van der Waals surface area contributed by atoms with Gasteiger partial charge < -0.3 is 15.4 Å². The molecule has 1 aromatic heterocycles. The van der Waals surface area contributed by atoms with Crippen molar-refractivity contribution in [3.8, 4) is 5.75 Å². The molecule has 18 heavy (non-hydrogen) atoms. The maximum absolute atomic E-state index is 11.3. The molecule has 3 N–H and O–H groups in total. The van der Waals surface area contributed by atoms with Crippen LogP contribution in [0.15, 0.2) is 39.9 Å². The van der Waals surface area contributed by atoms with Crippen molar-refractivity contribution >= 4 is 21.7 Å². The highest BCUT2D eigenvalue weighted by Crippen LogP contribution is 2.14. The molecule has 6 heteroatoms. The largest absolute Gasteiger partial charge is 0.508 e. The minimum atomic E-state index is -0.211. The Hall–Kier alpha value is -1.82. The first kappa shape index (κ1) is 12.6. The SMILES string of the molecule is O=c1[nH]cnc(NCCc2ccc(O)cc2)c1Br. The van der Waals surface area contributed by atoms with E-state index in [0.717, 1.165) is 12.0 Å². The minimum absolute atomic E-state index is 0.211. The summed E-state index contributed by atoms with van der Waals surface area (Å²) in [7, 11) is 0. The molecule has 0 aliphatic rings. The number of aromatic nitrogens is 2. The van der Waals surface area contributed by atoms with E-state index in [4.69, 9.17) is 5.11 Å². The van der Waals surface area contributed by atoms with E-state index in [0.29, 0.717) is 16.8 Å². The summed E-state index contributed by atoms with van der Waals surface area (Å²) in [4.78, 5) is 17.8. The Bertz CT molecular complexity index is 581. The van der Waals surface area contributed by atoms with E-state index in [2.05, 4.69) is 31.2 Å². The molecule has 0 fully saturated rings. The van der Waals surface area contributed by atoms with E-state index in [1.165, 1.54) is 6.33 Å². The molecule has 5 nitrogen and oxygen atoms in total. The summed E-state index contributed by atoms with van der Waals surface area (Å²) in [6, 6.07) is 7.02. The lowest BCUT2D eigenvalue weighted by Crippen LogP contribution is -2.13. The lowest BCUT2D eigenvalue weighted by atomic mass is 10.1. The lowest BCUT2D eigenvalue weighted by Gasteiger charge is -2.06. The normalized spacial score (nSPS) is 10.3. The molecule has 0 bridgehead atoms. The van der Waals surface area contributed by atoms with Gasteiger partial charge in [-0.25, -0.2) is 4.98 Å². The fraction of sp³-hybridized carbons (Fsp3) is 0.167. The summed E-state index contributed by atoms with van der Waals surface area (Å²) < 4.78 is 0.399. The van der Waals surface area contributed by atoms with Crippen LogP contribution in [0.5, 0.6) is 5.75 Å². The molecule has 0 amide bonds. The lowest BCUT2D eigenvalue weighted by molar-refractivity contribution is 0.475. The number of aromatic amines is 1. The van der Waals surface area contributed by atoms with Gasteiger partial charge in [0.25, 0.3) is 5.56 Å². The Morgan fingerprint density at radius 1 is 1.33 bits per heavy atom. The fourth-order valence-electron chi connectivity index (χ4n) is 1.49. The van der Waals surface area contributed by atoms with Gasteiger partial charge in [0, 0.05) is 6.54 Å². The zero-order valence-electron chi connectivity index (χ0n) is 9.48. The smallest absolute Gasteiger partial charge is 0.267 e. The zero-order chi connectivity index (χ0) is 13.0. The van der Waals surface area contributed by atoms with E-state index < -0.39 is 0 Å². The van der Waals surface area contributed by atoms with Crippen LogP contribution in [-0.2, 0) is 6.42 Å². The maximum Gasteiger partial charge on any atom is 0.267 e. The number of hydrogen-bond acceptors (Lipinski definition) is 4. The van der Waals surface area contributed by atoms with Crippen molar-refractivity contribution in [1.82, 2.24) is 9.97 Å². The van der Waals surface area contributed by atoms with Crippen molar-refractivity contribution in [2.75, 3.05) is 11.9 Å². The number of H-pyrrole nitrogens is 1. The highest BCUT2D eigenvalue weighted by molar-refractivity contribution is 9.10. The van der Waals surface area contributed by atoms with Gasteiger partial charge in [-0.1, -0.05) is 12.1 Å². The number of hydrogen-bond donors (Lipinski definition) is 3. The Morgan fingerprint density at radius 3 is 2.78 bits per heavy atom. The molecule has 0 saturated heterocycles. The van der Waals surface area contributed by atoms with Crippen LogP contribution in [0.25, 0.3) is 0 Å². The molecule has 0 radical (unpaired) electrons. The topological polar surface area (TPSA) is 78.0 Å². The van der Waals surface area contributed by atoms with E-state index in [1.807, 2.05) is 12.1 Å². The second kappa shape index (κ2) is 5.68. The summed E-state index contributed by atoms with van der Waals surface area (Å²) in [5.74, 6) is 0.781. The quantitative estimate of drug-likeness (QED) is 0.806. The van der Waals surface area contributed by atoms with Crippen molar-refractivity contribution in [3.63, 3.8) is 0 Å². The van der Waals surface area contributed by atoms with E-state index >= 15 is 0 Å². The van der Waals surface area contributed by atoms with Crippen LogP contribution < -0.4 is 10.9 Å². The third-order valence-electron chi connectivity index (χ3n) is 2.44. The number of phenolic OH excluding ortho intramolecular Hbond substituents is 1. The molecule has 1 aromatic carbocycles. The Morgan fingerprint density at radius 2 is 2.06 bits per heavy atom. The van der Waals surface area contributed by atoms with Crippen LogP contribution in [-0.4, -0.2) is 21.6 Å². The number of anilines is 1. The monoisotopic (exact) mass is 309 g/mol. The van der Waals surface area contributed by atoms with Crippen molar-refractivity contribution in [2.45, 2.75) is 6.42 Å². The summed E-state index contributed by atoms with van der Waals surface area (Å²) in [6.07, 6.45) is 2.14. The number of aromatic hydroxyl groups is 1. The molecule has 0 aliphatic carbocycles. The standard InChI is InChI=1S/C12H12BrN3O2/c13-10-11(15-7-16-12(10)18)14-6-5-8-1-3-9(17)4-2-8/h1-4,7,17H,5-6H2,(H2,14,15,16,18). The van der Waals surface area contributed by atoms with Gasteiger partial charge in [0.1, 0.15) is 16.0 Å². The molecule has 2 rings (SSSR count). The first-order valence-corrected chi connectivity index (χ1v) is 6.21. The number of rotatable bonds is 4. The third-order valence-corrected chi connectivity index (χ3v) is 3.17. The van der Waals surface area contributed by atoms with Gasteiger partial charge in [0.2, 0.25) is 0 Å². The highest BCUT2D eigenvalue weighted by Gasteiger charge is 2.03. The molecule has 94 valence electrons. The predicted octanol–water partition coefficient (Wildman–Crippen LogP) is 1.89. The van der Waals surface area contributed by atoms with Gasteiger partial charge >= 0.3 is 0 Å². The zero-order valence-corrected chi connectivity index (χ0v) is 11.1. The number of nitrogens with one attached hydrogen (secondary N) is 2. The number of phenols is 1. The van der Waals surface area contributed by atoms with Crippen molar-refractivity contribution in [2.24, 2.45) is 0 Å². The molecular formula is C12H12BrN3O2. The van der Waals surface area contributed by atoms with Crippen LogP contribution in [0.4, 0.5) is 5.82 Å². The molecular weight excluding hydrogens is 298 g/mol. The van der Waals surface area contributed by atoms with Crippen LogP contribution in [0.1, 0.15) is 5.56 Å². The van der Waals surface area contributed by atoms with Gasteiger partial charge in [0.05, 0.1) is 6.33 Å². The summed E-state index contributed by atoms with van der Waals surface area (Å²) in [6.45, 7) is 0.653. The minimum Gasteiger partial charge on any atom is -0.508 e. The second-order valence-corrected chi connectivity index (χ2v) is 4.53. The molecule has 0 aliphatic heterocycles. The van der Waals surface area contributed by atoms with Crippen molar-refractivity contribution in [1.29, 1.82) is 0 Å². The average molecular weight is 310 g/mol. The van der Waals surface area contributed by atoms with Crippen molar-refractivity contribution in [3.05, 3.63) is 51.0 Å². The second-order valence-electron chi connectivity index (χ2n) is 3.74. The maximum atomic E-state index is 11.3. The van der Waals surface area contributed by atoms with Gasteiger partial charge in [-0.2, -0.15) is 0 Å². The summed E-state index contributed by atoms with van der Waals surface area (Å²) >= 11 is 3.17. The first-order chi connectivity index (χ1) is 8.66. The molecule has 0 saturated carbocycles. The Kier molecular flexibility index (Phi) is 3.99. The van der Waals surface area contributed by atoms with Crippen LogP contribution >= 0.6 is 15.9 Å². The number of nitrogens with zero attached hydrogens (tertiary/aromatic N) is 1. The highest BCUT2D eigenvalue weighted by atomic mass is 79.9. The predicted molar refractivity (Wildman–Crippen MR) is 72.9 cm³/mol. The van der Waals surface area contributed by atoms with Crippen LogP contribution in [0.3, 0.4) is 0 Å². The molecule has 2 aromatic rings. The first-order valence-electron chi connectivity index (χ1n) is 5.42. The van der Waals surface area contributed by atoms with E-state index in [1.54, 1.807) is 12.1 Å². The van der Waals surface area contributed by atoms with Crippen molar-refractivity contribution < 1.29 is 5.11 Å². The Balaban J connectivity index is 1.94. The third kappa shape index (κ3) is 3.10. The molecule has 0 atom stereocenters. The van der Waals surface area contributed by atoms with Gasteiger partial charge in [-0.05, 0) is 40.0 Å². The number of halogens is 1. The van der Waals surface area contributed by atoms with E-state index in [-0.39, 0.29) is 11.3 Å². The van der Waals surface area contributed by atoms with Crippen LogP contribution in [0.2, 0.25) is 0 Å². The molecule has 0 spiro atoms. The Labute approximate surface area is 112 Å². The summed E-state index contributed by atoms with van der Waals surface area (Å²) in [5.41, 5.74) is 0.887. The fourth-order valence-corrected chi connectivity index (χ4v) is 1.85. The van der Waals surface area contributed by atoms with Gasteiger partial charge in [-0.3, -0.25) is 4.79 Å². The van der Waals surface area contributed by atoms with Gasteiger partial charge in [0.15, 0.2) is 0 Å². The average Bonchev–Trinajstić information content (AvgIpc) is 2.37. The number of benzene rings is 1.